The predicted octanol–water partition coefficient (Wildman–Crippen LogP) is 1.63. The molecule has 0 unspecified atom stereocenters. The summed E-state index contributed by atoms with van der Waals surface area (Å²) in [6, 6.07) is 3.90. The van der Waals surface area contributed by atoms with Crippen molar-refractivity contribution >= 4 is 18.7 Å². The lowest BCUT2D eigenvalue weighted by Crippen LogP contribution is -2.41. The summed E-state index contributed by atoms with van der Waals surface area (Å²) in [5, 5.41) is 0. The van der Waals surface area contributed by atoms with Crippen molar-refractivity contribution in [3.05, 3.63) is 30.7 Å². The zero-order valence-electron chi connectivity index (χ0n) is 14.6. The molecule has 0 atom stereocenters. The largest absolute Gasteiger partial charge is 0.516 e. The molecule has 6 nitrogen and oxygen atoms in total. The maximum atomic E-state index is 6.10. The van der Waals surface area contributed by atoms with Crippen LogP contribution in [0.2, 0.25) is 0 Å². The van der Waals surface area contributed by atoms with Crippen molar-refractivity contribution in [3.8, 4) is 5.69 Å². The molecule has 0 aliphatic carbocycles. The maximum absolute atomic E-state index is 6.10. The second-order valence-corrected chi connectivity index (χ2v) is 7.03. The van der Waals surface area contributed by atoms with Crippen LogP contribution >= 0.6 is 0 Å². The molecular weight excluding hydrogens is 291 g/mol. The molecule has 3 heterocycles. The minimum Gasteiger partial charge on any atom is -0.398 e. The molecule has 1 saturated heterocycles. The SMILES string of the molecule is CN(C)c1nc(B2OC(C)(C)C(C)(C)O2)cn1-c1cccnc1. The zero-order chi connectivity index (χ0) is 16.8. The molecule has 0 aromatic carbocycles. The molecule has 1 fully saturated rings. The summed E-state index contributed by atoms with van der Waals surface area (Å²) in [6.45, 7) is 8.16. The summed E-state index contributed by atoms with van der Waals surface area (Å²) in [5.41, 5.74) is 0.949. The standard InChI is InChI=1S/C16H23BN4O2/c1-15(2)16(3,4)23-17(22-15)13-11-21(14(19-13)20(5)6)12-8-7-9-18-10-12/h7-11H,1-6H3. The minimum absolute atomic E-state index is 0.381. The Balaban J connectivity index is 2.00. The number of aromatic nitrogens is 3. The van der Waals surface area contributed by atoms with Gasteiger partial charge in [-0.05, 0) is 39.8 Å². The fraction of sp³-hybridized carbons (Fsp3) is 0.500. The summed E-state index contributed by atoms with van der Waals surface area (Å²) in [6.07, 6.45) is 5.52. The Morgan fingerprint density at radius 2 is 1.78 bits per heavy atom. The number of nitrogens with zero attached hydrogens (tertiary/aromatic N) is 4. The summed E-state index contributed by atoms with van der Waals surface area (Å²) in [4.78, 5) is 10.9. The molecule has 1 aliphatic heterocycles. The van der Waals surface area contributed by atoms with Crippen molar-refractivity contribution in [3.63, 3.8) is 0 Å². The van der Waals surface area contributed by atoms with Gasteiger partial charge in [-0.25, -0.2) is 4.98 Å². The van der Waals surface area contributed by atoms with Crippen LogP contribution in [0.25, 0.3) is 5.69 Å². The average molecular weight is 314 g/mol. The highest BCUT2D eigenvalue weighted by atomic mass is 16.7. The fourth-order valence-electron chi connectivity index (χ4n) is 2.47. The van der Waals surface area contributed by atoms with Gasteiger partial charge in [0.2, 0.25) is 5.95 Å². The predicted molar refractivity (Wildman–Crippen MR) is 91.4 cm³/mol. The first kappa shape index (κ1) is 16.0. The van der Waals surface area contributed by atoms with Crippen LogP contribution in [0.5, 0.6) is 0 Å². The second-order valence-electron chi connectivity index (χ2n) is 7.03. The van der Waals surface area contributed by atoms with Crippen LogP contribution in [0.3, 0.4) is 0 Å². The summed E-state index contributed by atoms with van der Waals surface area (Å²) in [5.74, 6) is 0.808. The van der Waals surface area contributed by atoms with Crippen LogP contribution in [0, 0.1) is 0 Å². The van der Waals surface area contributed by atoms with Gasteiger partial charge < -0.3 is 14.2 Å². The zero-order valence-corrected chi connectivity index (χ0v) is 14.6. The first-order chi connectivity index (χ1) is 10.7. The van der Waals surface area contributed by atoms with Crippen molar-refractivity contribution in [2.24, 2.45) is 0 Å². The number of pyridine rings is 1. The van der Waals surface area contributed by atoms with E-state index in [0.29, 0.717) is 0 Å². The normalized spacial score (nSPS) is 19.1. The lowest BCUT2D eigenvalue weighted by molar-refractivity contribution is 0.00578. The third-order valence-electron chi connectivity index (χ3n) is 4.52. The molecule has 7 heteroatoms. The van der Waals surface area contributed by atoms with Gasteiger partial charge in [-0.3, -0.25) is 9.55 Å². The van der Waals surface area contributed by atoms with Crippen LogP contribution < -0.4 is 10.5 Å². The first-order valence-corrected chi connectivity index (χ1v) is 7.74. The lowest BCUT2D eigenvalue weighted by Gasteiger charge is -2.32. The third kappa shape index (κ3) is 2.75. The van der Waals surface area contributed by atoms with Gasteiger partial charge in [-0.1, -0.05) is 0 Å². The first-order valence-electron chi connectivity index (χ1n) is 7.74. The van der Waals surface area contributed by atoms with Crippen molar-refractivity contribution in [2.45, 2.75) is 38.9 Å². The molecule has 0 N–H and O–H groups in total. The molecule has 122 valence electrons. The number of rotatable bonds is 3. The molecule has 0 bridgehead atoms. The Kier molecular flexibility index (Phi) is 3.73. The highest BCUT2D eigenvalue weighted by Crippen LogP contribution is 2.36. The highest BCUT2D eigenvalue weighted by Gasteiger charge is 2.52. The van der Waals surface area contributed by atoms with E-state index in [1.54, 1.807) is 6.20 Å². The van der Waals surface area contributed by atoms with Crippen LogP contribution in [0.1, 0.15) is 27.7 Å². The van der Waals surface area contributed by atoms with E-state index in [0.717, 1.165) is 17.2 Å². The average Bonchev–Trinajstić information content (AvgIpc) is 3.00. The molecule has 0 amide bonds. The molecule has 2 aromatic heterocycles. The Morgan fingerprint density at radius 3 is 2.30 bits per heavy atom. The van der Waals surface area contributed by atoms with Gasteiger partial charge >= 0.3 is 7.12 Å². The summed E-state index contributed by atoms with van der Waals surface area (Å²) >= 11 is 0. The Morgan fingerprint density at radius 1 is 1.13 bits per heavy atom. The van der Waals surface area contributed by atoms with E-state index in [1.807, 2.05) is 75.8 Å². The number of hydrogen-bond donors (Lipinski definition) is 0. The Hall–Kier alpha value is -1.86. The van der Waals surface area contributed by atoms with E-state index in [1.165, 1.54) is 0 Å². The van der Waals surface area contributed by atoms with Crippen LogP contribution in [-0.4, -0.2) is 47.0 Å². The van der Waals surface area contributed by atoms with Gasteiger partial charge in [0.25, 0.3) is 0 Å². The van der Waals surface area contributed by atoms with E-state index in [-0.39, 0.29) is 11.2 Å². The molecule has 0 spiro atoms. The van der Waals surface area contributed by atoms with Crippen molar-refractivity contribution in [1.82, 2.24) is 14.5 Å². The Labute approximate surface area is 137 Å². The second kappa shape index (κ2) is 5.35. The highest BCUT2D eigenvalue weighted by molar-refractivity contribution is 6.61. The van der Waals surface area contributed by atoms with Crippen LogP contribution in [0.15, 0.2) is 30.7 Å². The molecule has 0 saturated carbocycles. The number of imidazole rings is 1. The van der Waals surface area contributed by atoms with Gasteiger partial charge in [-0.15, -0.1) is 0 Å². The quantitative estimate of drug-likeness (QED) is 0.806. The van der Waals surface area contributed by atoms with Gasteiger partial charge in [0, 0.05) is 26.5 Å². The van der Waals surface area contributed by atoms with Gasteiger partial charge in [0.05, 0.1) is 28.7 Å². The smallest absolute Gasteiger partial charge is 0.398 e. The molecule has 2 aromatic rings. The van der Waals surface area contributed by atoms with E-state index < -0.39 is 7.12 Å². The van der Waals surface area contributed by atoms with E-state index in [2.05, 4.69) is 4.98 Å². The fourth-order valence-corrected chi connectivity index (χ4v) is 2.47. The minimum atomic E-state index is -0.475. The Bertz CT molecular complexity index is 681. The maximum Gasteiger partial charge on any atom is 0.516 e. The molecule has 0 radical (unpaired) electrons. The molecule has 1 aliphatic rings. The molecule has 3 rings (SSSR count). The third-order valence-corrected chi connectivity index (χ3v) is 4.52. The van der Waals surface area contributed by atoms with Crippen molar-refractivity contribution in [1.29, 1.82) is 0 Å². The van der Waals surface area contributed by atoms with Crippen LogP contribution in [-0.2, 0) is 9.31 Å². The van der Waals surface area contributed by atoms with Gasteiger partial charge in [0.15, 0.2) is 0 Å². The van der Waals surface area contributed by atoms with E-state index >= 15 is 0 Å². The van der Waals surface area contributed by atoms with Crippen LogP contribution in [0.4, 0.5) is 5.95 Å². The van der Waals surface area contributed by atoms with Gasteiger partial charge in [-0.2, -0.15) is 0 Å². The number of anilines is 1. The molecular formula is C16H23BN4O2. The summed E-state index contributed by atoms with van der Waals surface area (Å²) in [7, 11) is 3.45. The van der Waals surface area contributed by atoms with E-state index in [9.17, 15) is 0 Å². The van der Waals surface area contributed by atoms with Crippen molar-refractivity contribution in [2.75, 3.05) is 19.0 Å². The van der Waals surface area contributed by atoms with E-state index in [4.69, 9.17) is 14.3 Å². The monoisotopic (exact) mass is 314 g/mol. The summed E-state index contributed by atoms with van der Waals surface area (Å²) < 4.78 is 14.2. The lowest BCUT2D eigenvalue weighted by atomic mass is 9.86. The van der Waals surface area contributed by atoms with Crippen molar-refractivity contribution < 1.29 is 9.31 Å². The molecule has 23 heavy (non-hydrogen) atoms. The van der Waals surface area contributed by atoms with Gasteiger partial charge in [0.1, 0.15) is 0 Å². The number of hydrogen-bond acceptors (Lipinski definition) is 5. The topological polar surface area (TPSA) is 52.4 Å².